The number of aliphatic hydroxyl groups excluding tert-OH is 1. The molecule has 0 aliphatic rings. The van der Waals surface area contributed by atoms with E-state index in [0.717, 1.165) is 5.56 Å². The Balaban J connectivity index is 1.51. The lowest BCUT2D eigenvalue weighted by Gasteiger charge is -2.05. The molecule has 2 amide bonds. The van der Waals surface area contributed by atoms with Crippen molar-refractivity contribution < 1.29 is 23.3 Å². The summed E-state index contributed by atoms with van der Waals surface area (Å²) in [6.45, 7) is 1.65. The molecule has 186 valence electrons. The van der Waals surface area contributed by atoms with E-state index in [4.69, 9.17) is 4.42 Å². The van der Waals surface area contributed by atoms with E-state index < -0.39 is 15.6 Å². The van der Waals surface area contributed by atoms with Crippen LogP contribution in [0.4, 0.5) is 5.69 Å². The highest BCUT2D eigenvalue weighted by molar-refractivity contribution is 7.93. The van der Waals surface area contributed by atoms with E-state index in [0.29, 0.717) is 27.3 Å². The first kappa shape index (κ1) is 25.6. The molecule has 1 unspecified atom stereocenters. The maximum absolute atomic E-state index is 13.0. The number of anilines is 1. The molecule has 4 aromatic rings. The van der Waals surface area contributed by atoms with Crippen molar-refractivity contribution in [1.82, 2.24) is 4.98 Å². The minimum absolute atomic E-state index is 0.135. The number of furan rings is 1. The maximum Gasteiger partial charge on any atom is 0.291 e. The van der Waals surface area contributed by atoms with Gasteiger partial charge in [0.2, 0.25) is 0 Å². The lowest BCUT2D eigenvalue weighted by molar-refractivity contribution is 0.0991. The highest BCUT2D eigenvalue weighted by Crippen LogP contribution is 2.16. The van der Waals surface area contributed by atoms with Gasteiger partial charge in [0.15, 0.2) is 5.76 Å². The second-order valence-electron chi connectivity index (χ2n) is 8.18. The van der Waals surface area contributed by atoms with Crippen molar-refractivity contribution in [2.75, 3.05) is 11.6 Å². The van der Waals surface area contributed by atoms with Crippen molar-refractivity contribution >= 4 is 27.2 Å². The maximum atomic E-state index is 13.0. The van der Waals surface area contributed by atoms with Crippen molar-refractivity contribution in [3.63, 3.8) is 0 Å². The number of nitrogens with one attached hydrogen (secondary N) is 1. The van der Waals surface area contributed by atoms with Crippen molar-refractivity contribution in [2.24, 2.45) is 4.36 Å². The Morgan fingerprint density at radius 3 is 2.51 bits per heavy atom. The molecule has 2 N–H and O–H groups in total. The van der Waals surface area contributed by atoms with Crippen LogP contribution in [0.1, 0.15) is 43.2 Å². The van der Waals surface area contributed by atoms with Crippen LogP contribution >= 0.6 is 0 Å². The highest BCUT2D eigenvalue weighted by atomic mass is 32.2. The number of carbonyl (C=O) groups excluding carboxylic acids is 2. The Bertz CT molecular complexity index is 1650. The van der Waals surface area contributed by atoms with Gasteiger partial charge >= 0.3 is 0 Å². The van der Waals surface area contributed by atoms with Gasteiger partial charge in [0.25, 0.3) is 11.8 Å². The van der Waals surface area contributed by atoms with Gasteiger partial charge in [-0.05, 0) is 55.0 Å². The van der Waals surface area contributed by atoms with E-state index in [2.05, 4.69) is 26.5 Å². The number of aryl methyl sites for hydroxylation is 1. The molecule has 8 nitrogen and oxygen atoms in total. The van der Waals surface area contributed by atoms with Crippen LogP contribution in [0, 0.1) is 18.8 Å². The normalized spacial score (nSPS) is 12.1. The van der Waals surface area contributed by atoms with E-state index in [9.17, 15) is 18.9 Å². The predicted molar refractivity (Wildman–Crippen MR) is 140 cm³/mol. The first-order valence-electron chi connectivity index (χ1n) is 11.1. The van der Waals surface area contributed by atoms with E-state index in [1.54, 1.807) is 61.5 Å². The molecule has 0 spiro atoms. The summed E-state index contributed by atoms with van der Waals surface area (Å²) in [5.74, 6) is 5.15. The quantitative estimate of drug-likeness (QED) is 0.381. The molecule has 1 atom stereocenters. The van der Waals surface area contributed by atoms with Gasteiger partial charge in [0, 0.05) is 45.9 Å². The number of nitrogens with zero attached hydrogens (tertiary/aromatic N) is 2. The average molecular weight is 514 g/mol. The molecular weight excluding hydrogens is 490 g/mol. The fourth-order valence-corrected chi connectivity index (χ4v) is 4.52. The molecule has 0 saturated heterocycles. The van der Waals surface area contributed by atoms with E-state index in [-0.39, 0.29) is 23.8 Å². The zero-order chi connectivity index (χ0) is 26.4. The topological polar surface area (TPSA) is 122 Å². The summed E-state index contributed by atoms with van der Waals surface area (Å²) < 4.78 is 22.2. The largest absolute Gasteiger partial charge is 0.459 e. The number of pyridine rings is 1. The summed E-state index contributed by atoms with van der Waals surface area (Å²) in [5, 5.41) is 12.0. The molecule has 0 radical (unpaired) electrons. The first-order valence-corrected chi connectivity index (χ1v) is 13.1. The van der Waals surface area contributed by atoms with Gasteiger partial charge in [-0.15, -0.1) is 0 Å². The number of aromatic nitrogens is 1. The second-order valence-corrected chi connectivity index (χ2v) is 10.4. The molecule has 9 heteroatoms. The number of carbonyl (C=O) groups is 2. The molecule has 0 fully saturated rings. The van der Waals surface area contributed by atoms with Gasteiger partial charge in [0.1, 0.15) is 0 Å². The standard InChI is InChI=1S/C28H23N3O5S/c1-19-12-13-36-26(19)28(34)30-24-5-3-4-20(15-24)6-7-22-14-23(17-29-16-22)27(33)31-37(2,35)25-10-8-21(18-32)9-11-25/h3-5,8-17,32H,18H2,1-2H3,(H,30,34). The van der Waals surface area contributed by atoms with Gasteiger partial charge in [0.05, 0.1) is 28.2 Å². The third-order valence-corrected chi connectivity index (χ3v) is 6.99. The third-order valence-electron chi connectivity index (χ3n) is 5.33. The minimum atomic E-state index is -3.00. The molecule has 37 heavy (non-hydrogen) atoms. The predicted octanol–water partition coefficient (Wildman–Crippen LogP) is 4.42. The Hall–Kier alpha value is -4.52. The van der Waals surface area contributed by atoms with Gasteiger partial charge in [-0.1, -0.05) is 30.0 Å². The highest BCUT2D eigenvalue weighted by Gasteiger charge is 2.13. The fraction of sp³-hybridized carbons (Fsp3) is 0.107. The van der Waals surface area contributed by atoms with Crippen LogP contribution in [-0.4, -0.2) is 32.4 Å². The summed E-state index contributed by atoms with van der Waals surface area (Å²) in [7, 11) is -3.00. The summed E-state index contributed by atoms with van der Waals surface area (Å²) in [4.78, 5) is 29.6. The van der Waals surface area contributed by atoms with Crippen LogP contribution in [-0.2, 0) is 16.3 Å². The third kappa shape index (κ3) is 6.38. The van der Waals surface area contributed by atoms with Crippen LogP contribution in [0.25, 0.3) is 0 Å². The van der Waals surface area contributed by atoms with E-state index >= 15 is 0 Å². The monoisotopic (exact) mass is 513 g/mol. The summed E-state index contributed by atoms with van der Waals surface area (Å²) in [6, 6.07) is 16.7. The number of benzene rings is 2. The van der Waals surface area contributed by atoms with Crippen LogP contribution < -0.4 is 5.32 Å². The lowest BCUT2D eigenvalue weighted by atomic mass is 10.1. The zero-order valence-electron chi connectivity index (χ0n) is 20.1. The van der Waals surface area contributed by atoms with Crippen molar-refractivity contribution in [3.8, 4) is 11.8 Å². The molecule has 0 aliphatic heterocycles. The Morgan fingerprint density at radius 1 is 1.05 bits per heavy atom. The summed E-state index contributed by atoms with van der Waals surface area (Å²) in [6.07, 6.45) is 5.69. The van der Waals surface area contributed by atoms with Gasteiger partial charge in [-0.2, -0.15) is 4.36 Å². The van der Waals surface area contributed by atoms with Crippen molar-refractivity contribution in [1.29, 1.82) is 0 Å². The molecule has 0 aliphatic carbocycles. The van der Waals surface area contributed by atoms with Gasteiger partial charge in [-0.3, -0.25) is 14.6 Å². The van der Waals surface area contributed by atoms with Crippen molar-refractivity contribution in [2.45, 2.75) is 18.4 Å². The Morgan fingerprint density at radius 2 is 1.81 bits per heavy atom. The molecule has 0 saturated carbocycles. The van der Waals surface area contributed by atoms with Crippen LogP contribution in [0.15, 0.2) is 93.0 Å². The Kier molecular flexibility index (Phi) is 7.63. The zero-order valence-corrected chi connectivity index (χ0v) is 20.9. The van der Waals surface area contributed by atoms with E-state index in [1.807, 2.05) is 0 Å². The number of hydrogen-bond acceptors (Lipinski definition) is 6. The number of aliphatic hydroxyl groups is 1. The molecule has 2 heterocycles. The number of hydrogen-bond donors (Lipinski definition) is 2. The van der Waals surface area contributed by atoms with Crippen LogP contribution in [0.2, 0.25) is 0 Å². The molecule has 2 aromatic heterocycles. The fourth-order valence-electron chi connectivity index (χ4n) is 3.35. The molecule has 0 bridgehead atoms. The van der Waals surface area contributed by atoms with E-state index in [1.165, 1.54) is 31.0 Å². The van der Waals surface area contributed by atoms with Gasteiger partial charge in [-0.25, -0.2) is 4.21 Å². The summed E-state index contributed by atoms with van der Waals surface area (Å²) >= 11 is 0. The summed E-state index contributed by atoms with van der Waals surface area (Å²) in [5.41, 5.74) is 3.22. The molecule has 2 aromatic carbocycles. The van der Waals surface area contributed by atoms with Crippen molar-refractivity contribution in [3.05, 3.63) is 113 Å². The second kappa shape index (κ2) is 11.0. The SMILES string of the molecule is Cc1ccoc1C(=O)Nc1cccc(C#Cc2cncc(C(=O)N=S(C)(=O)c3ccc(CO)cc3)c2)c1. The molecular formula is C28H23N3O5S. The van der Waals surface area contributed by atoms with Crippen LogP contribution in [0.5, 0.6) is 0 Å². The number of rotatable bonds is 5. The lowest BCUT2D eigenvalue weighted by Crippen LogP contribution is -2.12. The molecule has 4 rings (SSSR count). The smallest absolute Gasteiger partial charge is 0.291 e. The Labute approximate surface area is 214 Å². The minimum Gasteiger partial charge on any atom is -0.459 e. The van der Waals surface area contributed by atoms with Gasteiger partial charge < -0.3 is 14.8 Å². The average Bonchev–Trinajstić information content (AvgIpc) is 3.33. The first-order chi connectivity index (χ1) is 17.7. The number of amides is 2. The van der Waals surface area contributed by atoms with Crippen LogP contribution in [0.3, 0.4) is 0 Å².